The number of fused-ring (bicyclic) bond motifs is 7. The summed E-state index contributed by atoms with van der Waals surface area (Å²) in [7, 11) is 1.91. The van der Waals surface area contributed by atoms with Crippen LogP contribution >= 0.6 is 0 Å². The minimum absolute atomic E-state index is 0.302. The Kier molecular flexibility index (Phi) is 4.72. The van der Waals surface area contributed by atoms with Crippen LogP contribution < -0.4 is 10.5 Å². The van der Waals surface area contributed by atoms with Gasteiger partial charge < -0.3 is 10.5 Å². The van der Waals surface area contributed by atoms with Crippen molar-refractivity contribution in [3.05, 3.63) is 64.9 Å². The minimum atomic E-state index is -0.461. The van der Waals surface area contributed by atoms with Crippen molar-refractivity contribution in [3.63, 3.8) is 0 Å². The Labute approximate surface area is 197 Å². The zero-order valence-electron chi connectivity index (χ0n) is 19.5. The van der Waals surface area contributed by atoms with Gasteiger partial charge in [-0.05, 0) is 56.9 Å². The van der Waals surface area contributed by atoms with Gasteiger partial charge in [-0.15, -0.1) is 0 Å². The second-order valence-electron chi connectivity index (χ2n) is 9.49. The molecule has 2 N–H and O–H groups in total. The van der Waals surface area contributed by atoms with E-state index in [4.69, 9.17) is 20.7 Å². The fraction of sp³-hybridized carbons (Fsp3) is 0.346. The zero-order valence-corrected chi connectivity index (χ0v) is 19.5. The molecule has 1 atom stereocenters. The number of nitrogens with zero attached hydrogens (tertiary/aromatic N) is 5. The molecule has 0 radical (unpaired) electrons. The summed E-state index contributed by atoms with van der Waals surface area (Å²) in [6.45, 7) is 4.83. The highest BCUT2D eigenvalue weighted by Gasteiger charge is 2.28. The molecule has 8 heteroatoms. The van der Waals surface area contributed by atoms with Gasteiger partial charge in [0.1, 0.15) is 11.9 Å². The Morgan fingerprint density at radius 1 is 1.21 bits per heavy atom. The Hall–Kier alpha value is -3.68. The van der Waals surface area contributed by atoms with E-state index < -0.39 is 6.10 Å². The smallest absolute Gasteiger partial charge is 0.166 e. The molecule has 3 aromatic heterocycles. The highest BCUT2D eigenvalue weighted by molar-refractivity contribution is 5.72. The van der Waals surface area contributed by atoms with Crippen LogP contribution in [-0.4, -0.2) is 24.5 Å². The number of hydrogen-bond donors (Lipinski definition) is 1. The van der Waals surface area contributed by atoms with E-state index in [2.05, 4.69) is 16.6 Å². The number of aryl methyl sites for hydroxylation is 2. The number of pyridine rings is 1. The maximum absolute atomic E-state index is 14.3. The Bertz CT molecular complexity index is 1420. The van der Waals surface area contributed by atoms with Gasteiger partial charge in [0, 0.05) is 60.2 Å². The van der Waals surface area contributed by atoms with Crippen molar-refractivity contribution in [3.8, 4) is 28.3 Å². The maximum atomic E-state index is 14.3. The molecule has 1 saturated carbocycles. The van der Waals surface area contributed by atoms with Crippen molar-refractivity contribution in [2.45, 2.75) is 45.8 Å². The van der Waals surface area contributed by atoms with Crippen LogP contribution in [0.25, 0.3) is 22.5 Å². The molecule has 0 saturated heterocycles. The van der Waals surface area contributed by atoms with E-state index in [0.717, 1.165) is 45.9 Å². The molecule has 0 unspecified atom stereocenters. The van der Waals surface area contributed by atoms with E-state index >= 15 is 0 Å². The summed E-state index contributed by atoms with van der Waals surface area (Å²) in [5.74, 6) is 1.12. The second kappa shape index (κ2) is 7.68. The number of rotatable bonds is 2. The van der Waals surface area contributed by atoms with Crippen molar-refractivity contribution in [2.75, 3.05) is 5.73 Å². The second-order valence-corrected chi connectivity index (χ2v) is 9.49. The number of benzene rings is 1. The fourth-order valence-corrected chi connectivity index (χ4v) is 4.93. The molecule has 174 valence electrons. The van der Waals surface area contributed by atoms with Gasteiger partial charge in [-0.1, -0.05) is 0 Å². The topological polar surface area (TPSA) is 83.8 Å². The molecule has 7 nitrogen and oxygen atoms in total. The summed E-state index contributed by atoms with van der Waals surface area (Å²) in [5.41, 5.74) is 13.7. The van der Waals surface area contributed by atoms with E-state index in [1.807, 2.05) is 30.9 Å². The van der Waals surface area contributed by atoms with Gasteiger partial charge in [0.15, 0.2) is 11.6 Å². The van der Waals surface area contributed by atoms with Crippen molar-refractivity contribution in [1.29, 1.82) is 0 Å². The van der Waals surface area contributed by atoms with E-state index in [1.165, 1.54) is 25.0 Å². The number of hydrogen-bond acceptors (Lipinski definition) is 5. The first-order valence-corrected chi connectivity index (χ1v) is 11.7. The van der Waals surface area contributed by atoms with Crippen LogP contribution in [0.3, 0.4) is 0 Å². The van der Waals surface area contributed by atoms with Crippen molar-refractivity contribution >= 4 is 5.82 Å². The van der Waals surface area contributed by atoms with Gasteiger partial charge >= 0.3 is 0 Å². The predicted octanol–water partition coefficient (Wildman–Crippen LogP) is 4.83. The molecule has 4 aromatic rings. The van der Waals surface area contributed by atoms with Crippen LogP contribution in [0.15, 0.2) is 36.7 Å². The highest BCUT2D eigenvalue weighted by atomic mass is 19.1. The van der Waals surface area contributed by atoms with Crippen LogP contribution in [0.2, 0.25) is 0 Å². The monoisotopic (exact) mass is 458 g/mol. The number of aromatic nitrogens is 5. The lowest BCUT2D eigenvalue weighted by Gasteiger charge is -2.21. The Morgan fingerprint density at radius 2 is 2.03 bits per heavy atom. The third-order valence-corrected chi connectivity index (χ3v) is 6.82. The number of nitrogens with two attached hydrogens (primary N) is 1. The van der Waals surface area contributed by atoms with Crippen molar-refractivity contribution in [2.24, 2.45) is 13.0 Å². The Balaban J connectivity index is 1.62. The third-order valence-electron chi connectivity index (χ3n) is 6.82. The third kappa shape index (κ3) is 3.54. The normalized spacial score (nSPS) is 17.1. The molecule has 2 aliphatic rings. The summed E-state index contributed by atoms with van der Waals surface area (Å²) >= 11 is 0. The lowest BCUT2D eigenvalue weighted by Crippen LogP contribution is -2.10. The zero-order chi connectivity index (χ0) is 23.6. The number of ether oxygens (including phenoxy) is 1. The van der Waals surface area contributed by atoms with Crippen molar-refractivity contribution < 1.29 is 9.13 Å². The SMILES string of the molecule is Cc1nn(CC2CC2)c2c1Cc1cn(C)nc1-c1ccc(F)cc1[C@@H](C)Oc1cc-2cnc1N. The molecule has 2 bridgehead atoms. The van der Waals surface area contributed by atoms with E-state index in [-0.39, 0.29) is 5.82 Å². The van der Waals surface area contributed by atoms with Gasteiger partial charge in [0.05, 0.1) is 17.1 Å². The van der Waals surface area contributed by atoms with Crippen LogP contribution in [0.5, 0.6) is 5.75 Å². The lowest BCUT2D eigenvalue weighted by molar-refractivity contribution is 0.227. The lowest BCUT2D eigenvalue weighted by atomic mass is 9.94. The number of halogens is 1. The molecule has 6 rings (SSSR count). The standard InChI is InChI=1S/C26H27FN6O/c1-14-21-8-18-13-32(3)31-24(18)20-7-6-19(27)10-22(20)15(2)34-23-9-17(11-29-26(23)28)25(21)33(30-14)12-16-4-5-16/h6-7,9-11,13,15-16H,4-5,8,12H2,1-3H3,(H2,28,29)/t15-/m1/s1. The highest BCUT2D eigenvalue weighted by Crippen LogP contribution is 2.40. The number of anilines is 1. The summed E-state index contributed by atoms with van der Waals surface area (Å²) in [6.07, 6.45) is 6.49. The van der Waals surface area contributed by atoms with Crippen molar-refractivity contribution in [1.82, 2.24) is 24.5 Å². The first-order valence-electron chi connectivity index (χ1n) is 11.7. The molecular weight excluding hydrogens is 431 g/mol. The number of nitrogen functional groups attached to an aromatic ring is 1. The largest absolute Gasteiger partial charge is 0.482 e. The summed E-state index contributed by atoms with van der Waals surface area (Å²) in [6, 6.07) is 6.70. The van der Waals surface area contributed by atoms with Gasteiger partial charge in [0.25, 0.3) is 0 Å². The quantitative estimate of drug-likeness (QED) is 0.465. The predicted molar refractivity (Wildman–Crippen MR) is 128 cm³/mol. The van der Waals surface area contributed by atoms with E-state index in [0.29, 0.717) is 29.5 Å². The molecular formula is C26H27FN6O. The average Bonchev–Trinajstić information content (AvgIpc) is 3.46. The van der Waals surface area contributed by atoms with Crippen LogP contribution in [-0.2, 0) is 20.0 Å². The first kappa shape index (κ1) is 20.9. The molecule has 0 spiro atoms. The van der Waals surface area contributed by atoms with E-state index in [1.54, 1.807) is 12.3 Å². The average molecular weight is 459 g/mol. The molecule has 4 heterocycles. The first-order chi connectivity index (χ1) is 16.4. The Morgan fingerprint density at radius 3 is 2.82 bits per heavy atom. The van der Waals surface area contributed by atoms with Gasteiger partial charge in [-0.25, -0.2) is 9.37 Å². The summed E-state index contributed by atoms with van der Waals surface area (Å²) < 4.78 is 24.6. The maximum Gasteiger partial charge on any atom is 0.166 e. The van der Waals surface area contributed by atoms with Crippen LogP contribution in [0.1, 0.15) is 48.3 Å². The molecule has 1 aliphatic carbocycles. The molecule has 0 amide bonds. The van der Waals surface area contributed by atoms with Gasteiger partial charge in [0.2, 0.25) is 0 Å². The van der Waals surface area contributed by atoms with Crippen LogP contribution in [0.4, 0.5) is 10.2 Å². The fourth-order valence-electron chi connectivity index (χ4n) is 4.93. The molecule has 1 fully saturated rings. The minimum Gasteiger partial charge on any atom is -0.482 e. The van der Waals surface area contributed by atoms with Gasteiger partial charge in [-0.2, -0.15) is 10.2 Å². The van der Waals surface area contributed by atoms with E-state index in [9.17, 15) is 4.39 Å². The van der Waals surface area contributed by atoms with Crippen LogP contribution in [0, 0.1) is 18.7 Å². The summed E-state index contributed by atoms with van der Waals surface area (Å²) in [5, 5.41) is 9.70. The molecule has 34 heavy (non-hydrogen) atoms. The van der Waals surface area contributed by atoms with Gasteiger partial charge in [-0.3, -0.25) is 9.36 Å². The molecule has 1 aromatic carbocycles. The summed E-state index contributed by atoms with van der Waals surface area (Å²) in [4.78, 5) is 4.45. The molecule has 1 aliphatic heterocycles.